The molecular weight excluding hydrogens is 508 g/mol. The van der Waals surface area contributed by atoms with Crippen molar-refractivity contribution in [2.45, 2.75) is 97.1 Å². The molecule has 40 heavy (non-hydrogen) atoms. The zero-order valence-electron chi connectivity index (χ0n) is 25.7. The van der Waals surface area contributed by atoms with Gasteiger partial charge in [0.15, 0.2) is 0 Å². The first-order valence-electron chi connectivity index (χ1n) is 14.7. The van der Waals surface area contributed by atoms with Gasteiger partial charge in [-0.15, -0.1) is 0 Å². The molecule has 1 aliphatic carbocycles. The van der Waals surface area contributed by atoms with E-state index in [1.54, 1.807) is 11.8 Å². The number of piperazine rings is 1. The van der Waals surface area contributed by atoms with Crippen LogP contribution in [-0.4, -0.2) is 84.9 Å². The summed E-state index contributed by atoms with van der Waals surface area (Å²) in [7, 11) is 0. The molecule has 2 heterocycles. The normalized spacial score (nSPS) is 20.8. The molecule has 2 saturated heterocycles. The van der Waals surface area contributed by atoms with Gasteiger partial charge in [-0.3, -0.25) is 4.79 Å². The van der Waals surface area contributed by atoms with E-state index >= 15 is 0 Å². The van der Waals surface area contributed by atoms with Crippen LogP contribution in [0.5, 0.6) is 0 Å². The summed E-state index contributed by atoms with van der Waals surface area (Å²) in [5.41, 5.74) is 4.03. The van der Waals surface area contributed by atoms with Crippen LogP contribution in [0.1, 0.15) is 90.3 Å². The number of hydrogen-bond donors (Lipinski definition) is 1. The quantitative estimate of drug-likeness (QED) is 0.565. The Kier molecular flexibility index (Phi) is 8.35. The summed E-state index contributed by atoms with van der Waals surface area (Å²) >= 11 is 0. The molecule has 3 amide bonds. The first-order valence-corrected chi connectivity index (χ1v) is 14.7. The fourth-order valence-electron chi connectivity index (χ4n) is 6.86. The molecule has 222 valence electrons. The Hall–Kier alpha value is -2.97. The molecule has 0 saturated carbocycles. The van der Waals surface area contributed by atoms with E-state index in [1.165, 1.54) is 22.4 Å². The van der Waals surface area contributed by atoms with E-state index in [9.17, 15) is 14.4 Å². The molecule has 4 rings (SSSR count). The second-order valence-electron chi connectivity index (χ2n) is 13.3. The Balaban J connectivity index is 1.63. The molecular formula is C31H48N4O5. The van der Waals surface area contributed by atoms with Gasteiger partial charge < -0.3 is 29.5 Å². The van der Waals surface area contributed by atoms with Gasteiger partial charge in [0, 0.05) is 63.3 Å². The van der Waals surface area contributed by atoms with E-state index in [4.69, 9.17) is 9.47 Å². The monoisotopic (exact) mass is 556 g/mol. The summed E-state index contributed by atoms with van der Waals surface area (Å²) in [6, 6.07) is 4.70. The third-order valence-corrected chi connectivity index (χ3v) is 8.80. The lowest BCUT2D eigenvalue weighted by Crippen LogP contribution is -2.49. The Bertz CT molecular complexity index is 1130. The van der Waals surface area contributed by atoms with E-state index < -0.39 is 11.1 Å². The summed E-state index contributed by atoms with van der Waals surface area (Å²) in [5.74, 6) is 0.132. The molecule has 3 aliphatic rings. The molecule has 0 radical (unpaired) electrons. The van der Waals surface area contributed by atoms with Crippen molar-refractivity contribution in [2.75, 3.05) is 50.8 Å². The van der Waals surface area contributed by atoms with Crippen molar-refractivity contribution >= 4 is 23.8 Å². The number of fused-ring (bicyclic) bond motifs is 2. The standard InChI is InChI=1S/C31H48N4O5/c1-9-39-27(37)35-16-14-33(15-17-35)26-19-24-23(18-21(26)2)25(30(7,8)32-22(3)36)20-31(24)10-12-34(13-11-31)28(38)40-29(4,5)6/h18-19,25H,9-17,20H2,1-8H3,(H,32,36)/t25-/m1/s1. The lowest BCUT2D eigenvalue weighted by molar-refractivity contribution is -0.120. The number of carbonyl (C=O) groups is 3. The predicted molar refractivity (Wildman–Crippen MR) is 156 cm³/mol. The second-order valence-corrected chi connectivity index (χ2v) is 13.3. The van der Waals surface area contributed by atoms with Gasteiger partial charge in [-0.1, -0.05) is 6.07 Å². The Morgan fingerprint density at radius 3 is 2.10 bits per heavy atom. The van der Waals surface area contributed by atoms with Crippen LogP contribution in [0.4, 0.5) is 15.3 Å². The van der Waals surface area contributed by atoms with Gasteiger partial charge in [-0.05, 0) is 95.9 Å². The van der Waals surface area contributed by atoms with Gasteiger partial charge in [0.05, 0.1) is 6.61 Å². The second kappa shape index (κ2) is 11.1. The molecule has 9 nitrogen and oxygen atoms in total. The first kappa shape index (κ1) is 30.0. The van der Waals surface area contributed by atoms with Gasteiger partial charge in [0.25, 0.3) is 0 Å². The molecule has 2 fully saturated rings. The number of piperidine rings is 1. The highest BCUT2D eigenvalue weighted by atomic mass is 16.6. The zero-order chi connectivity index (χ0) is 29.5. The van der Waals surface area contributed by atoms with Gasteiger partial charge in [0.2, 0.25) is 5.91 Å². The van der Waals surface area contributed by atoms with Crippen LogP contribution in [0.3, 0.4) is 0 Å². The predicted octanol–water partition coefficient (Wildman–Crippen LogP) is 4.94. The number of likely N-dealkylation sites (tertiary alicyclic amines) is 1. The minimum Gasteiger partial charge on any atom is -0.450 e. The largest absolute Gasteiger partial charge is 0.450 e. The van der Waals surface area contributed by atoms with E-state index in [1.807, 2.05) is 32.6 Å². The number of anilines is 1. The van der Waals surface area contributed by atoms with E-state index in [0.29, 0.717) is 32.8 Å². The number of rotatable bonds is 4. The average molecular weight is 557 g/mol. The van der Waals surface area contributed by atoms with Crippen molar-refractivity contribution in [1.82, 2.24) is 15.1 Å². The SMILES string of the molecule is CCOC(=O)N1CCN(c2cc3c(cc2C)[C@H](C(C)(C)NC(C)=O)CC32CCN(C(=O)OC(C)(C)C)CC2)CC1. The maximum atomic E-state index is 12.8. The number of nitrogens with one attached hydrogen (secondary N) is 1. The highest BCUT2D eigenvalue weighted by Crippen LogP contribution is 2.56. The van der Waals surface area contributed by atoms with Crippen LogP contribution < -0.4 is 10.2 Å². The lowest BCUT2D eigenvalue weighted by atomic mass is 9.72. The fraction of sp³-hybridized carbons (Fsp3) is 0.710. The van der Waals surface area contributed by atoms with E-state index in [2.05, 4.69) is 43.1 Å². The van der Waals surface area contributed by atoms with Crippen LogP contribution in [0.2, 0.25) is 0 Å². The van der Waals surface area contributed by atoms with Gasteiger partial charge in [0.1, 0.15) is 5.60 Å². The molecule has 1 aromatic carbocycles. The van der Waals surface area contributed by atoms with Crippen LogP contribution >= 0.6 is 0 Å². The maximum absolute atomic E-state index is 12.8. The van der Waals surface area contributed by atoms with Gasteiger partial charge in [-0.2, -0.15) is 0 Å². The van der Waals surface area contributed by atoms with Crippen molar-refractivity contribution in [3.8, 4) is 0 Å². The summed E-state index contributed by atoms with van der Waals surface area (Å²) in [6.07, 6.45) is 2.14. The Morgan fingerprint density at radius 1 is 0.950 bits per heavy atom. The van der Waals surface area contributed by atoms with E-state index in [-0.39, 0.29) is 29.4 Å². The molecule has 1 aromatic rings. The number of hydrogen-bond acceptors (Lipinski definition) is 6. The topological polar surface area (TPSA) is 91.4 Å². The molecule has 1 atom stereocenters. The Labute approximate surface area is 239 Å². The van der Waals surface area contributed by atoms with E-state index in [0.717, 1.165) is 32.4 Å². The third kappa shape index (κ3) is 6.18. The smallest absolute Gasteiger partial charge is 0.410 e. The van der Waals surface area contributed by atoms with Crippen molar-refractivity contribution < 1.29 is 23.9 Å². The molecule has 0 aromatic heterocycles. The van der Waals surface area contributed by atoms with Crippen LogP contribution in [0, 0.1) is 6.92 Å². The molecule has 1 spiro atoms. The van der Waals surface area contributed by atoms with Crippen molar-refractivity contribution in [3.05, 3.63) is 28.8 Å². The molecule has 0 unspecified atom stereocenters. The number of amides is 3. The summed E-state index contributed by atoms with van der Waals surface area (Å²) in [5, 5.41) is 3.22. The van der Waals surface area contributed by atoms with Gasteiger partial charge in [-0.25, -0.2) is 9.59 Å². The summed E-state index contributed by atoms with van der Waals surface area (Å²) in [6.45, 7) is 19.9. The lowest BCUT2D eigenvalue weighted by Gasteiger charge is -2.42. The number of carbonyl (C=O) groups excluding carboxylic acids is 3. The Morgan fingerprint density at radius 2 is 1.55 bits per heavy atom. The number of aryl methyl sites for hydroxylation is 1. The molecule has 1 N–H and O–H groups in total. The van der Waals surface area contributed by atoms with Crippen LogP contribution in [-0.2, 0) is 19.7 Å². The zero-order valence-corrected chi connectivity index (χ0v) is 25.7. The first-order chi connectivity index (χ1) is 18.7. The number of benzene rings is 1. The van der Waals surface area contributed by atoms with Gasteiger partial charge >= 0.3 is 12.2 Å². The maximum Gasteiger partial charge on any atom is 0.410 e. The van der Waals surface area contributed by atoms with Crippen molar-refractivity contribution in [2.24, 2.45) is 0 Å². The minimum absolute atomic E-state index is 0.0277. The summed E-state index contributed by atoms with van der Waals surface area (Å²) in [4.78, 5) is 43.2. The van der Waals surface area contributed by atoms with Crippen molar-refractivity contribution in [3.63, 3.8) is 0 Å². The molecule has 0 bridgehead atoms. The highest BCUT2D eigenvalue weighted by Gasteiger charge is 2.51. The van der Waals surface area contributed by atoms with Crippen LogP contribution in [0.15, 0.2) is 12.1 Å². The fourth-order valence-corrected chi connectivity index (χ4v) is 6.86. The highest BCUT2D eigenvalue weighted by molar-refractivity contribution is 5.74. The van der Waals surface area contributed by atoms with Crippen molar-refractivity contribution in [1.29, 1.82) is 0 Å². The number of nitrogens with zero attached hydrogens (tertiary/aromatic N) is 3. The minimum atomic E-state index is -0.524. The third-order valence-electron chi connectivity index (χ3n) is 8.80. The van der Waals surface area contributed by atoms with Crippen LogP contribution in [0.25, 0.3) is 0 Å². The number of ether oxygens (including phenoxy) is 2. The molecule has 2 aliphatic heterocycles. The summed E-state index contributed by atoms with van der Waals surface area (Å²) < 4.78 is 10.9. The average Bonchev–Trinajstić information content (AvgIpc) is 3.16. The molecule has 9 heteroatoms.